The van der Waals surface area contributed by atoms with Crippen molar-refractivity contribution < 1.29 is 8.42 Å². The SMILES string of the molecule is CC(CN1CCN(C)CC1)Nc1ncccc1S(N)(=O)=O. The molecule has 0 saturated carbocycles. The lowest BCUT2D eigenvalue weighted by atomic mass is 10.2. The van der Waals surface area contributed by atoms with E-state index < -0.39 is 10.0 Å². The van der Waals surface area contributed by atoms with E-state index in [2.05, 4.69) is 27.1 Å². The molecule has 0 bridgehead atoms. The smallest absolute Gasteiger partial charge is 0.241 e. The van der Waals surface area contributed by atoms with Crippen molar-refractivity contribution >= 4 is 15.8 Å². The molecular weight excluding hydrogens is 290 g/mol. The number of piperazine rings is 1. The lowest BCUT2D eigenvalue weighted by Crippen LogP contribution is -2.47. The van der Waals surface area contributed by atoms with Gasteiger partial charge < -0.3 is 10.2 Å². The number of nitrogens with zero attached hydrogens (tertiary/aromatic N) is 3. The Morgan fingerprint density at radius 1 is 1.38 bits per heavy atom. The topological polar surface area (TPSA) is 91.6 Å². The number of sulfonamides is 1. The fourth-order valence-electron chi connectivity index (χ4n) is 2.43. The summed E-state index contributed by atoms with van der Waals surface area (Å²) in [5, 5.41) is 8.36. The van der Waals surface area contributed by atoms with Gasteiger partial charge in [-0.25, -0.2) is 18.5 Å². The van der Waals surface area contributed by atoms with E-state index in [1.165, 1.54) is 6.07 Å². The van der Waals surface area contributed by atoms with Crippen molar-refractivity contribution in [1.29, 1.82) is 0 Å². The molecule has 8 heteroatoms. The normalized spacial score (nSPS) is 19.4. The van der Waals surface area contributed by atoms with Crippen molar-refractivity contribution in [3.05, 3.63) is 18.3 Å². The van der Waals surface area contributed by atoms with E-state index in [4.69, 9.17) is 5.14 Å². The molecule has 1 fully saturated rings. The second-order valence-corrected chi connectivity index (χ2v) is 7.07. The quantitative estimate of drug-likeness (QED) is 0.781. The maximum absolute atomic E-state index is 11.5. The van der Waals surface area contributed by atoms with Crippen LogP contribution in [0, 0.1) is 0 Å². The van der Waals surface area contributed by atoms with E-state index in [0.717, 1.165) is 32.7 Å². The number of likely N-dealkylation sites (N-methyl/N-ethyl adjacent to an activating group) is 1. The molecule has 0 radical (unpaired) electrons. The van der Waals surface area contributed by atoms with Gasteiger partial charge in [0.25, 0.3) is 0 Å². The Morgan fingerprint density at radius 2 is 2.05 bits per heavy atom. The van der Waals surface area contributed by atoms with Crippen molar-refractivity contribution in [1.82, 2.24) is 14.8 Å². The molecule has 21 heavy (non-hydrogen) atoms. The number of nitrogens with two attached hydrogens (primary N) is 1. The molecule has 1 aliphatic rings. The number of pyridine rings is 1. The van der Waals surface area contributed by atoms with E-state index in [1.807, 2.05) is 6.92 Å². The molecule has 1 saturated heterocycles. The van der Waals surface area contributed by atoms with Crippen molar-refractivity contribution in [2.75, 3.05) is 45.1 Å². The average molecular weight is 313 g/mol. The standard InChI is InChI=1S/C13H23N5O2S/c1-11(10-18-8-6-17(2)7-9-18)16-13-12(21(14,19)20)4-3-5-15-13/h3-5,11H,6-10H2,1-2H3,(H,15,16)(H2,14,19,20). The Morgan fingerprint density at radius 3 is 2.67 bits per heavy atom. The van der Waals surface area contributed by atoms with Gasteiger partial charge in [-0.15, -0.1) is 0 Å². The number of rotatable bonds is 5. The van der Waals surface area contributed by atoms with Crippen LogP contribution in [0.3, 0.4) is 0 Å². The molecule has 118 valence electrons. The minimum absolute atomic E-state index is 0.0372. The summed E-state index contributed by atoms with van der Waals surface area (Å²) in [6, 6.07) is 3.12. The van der Waals surface area contributed by atoms with Crippen molar-refractivity contribution in [2.45, 2.75) is 17.9 Å². The van der Waals surface area contributed by atoms with Crippen molar-refractivity contribution in [2.24, 2.45) is 5.14 Å². The largest absolute Gasteiger partial charge is 0.365 e. The van der Waals surface area contributed by atoms with Crippen molar-refractivity contribution in [3.63, 3.8) is 0 Å². The summed E-state index contributed by atoms with van der Waals surface area (Å²) >= 11 is 0. The molecule has 0 aliphatic carbocycles. The van der Waals surface area contributed by atoms with Crippen LogP contribution in [0.4, 0.5) is 5.82 Å². The summed E-state index contributed by atoms with van der Waals surface area (Å²) in [4.78, 5) is 8.79. The van der Waals surface area contributed by atoms with Gasteiger partial charge in [-0.2, -0.15) is 0 Å². The van der Waals surface area contributed by atoms with Crippen LogP contribution in [-0.4, -0.2) is 69.0 Å². The molecule has 3 N–H and O–H groups in total. The summed E-state index contributed by atoms with van der Waals surface area (Å²) < 4.78 is 23.1. The van der Waals surface area contributed by atoms with E-state index in [0.29, 0.717) is 5.82 Å². The fraction of sp³-hybridized carbons (Fsp3) is 0.615. The van der Waals surface area contributed by atoms with Gasteiger partial charge in [0.2, 0.25) is 10.0 Å². The molecule has 0 aromatic carbocycles. The highest BCUT2D eigenvalue weighted by atomic mass is 32.2. The Bertz CT molecular complexity index is 570. The van der Waals surface area contributed by atoms with Crippen LogP contribution in [0.2, 0.25) is 0 Å². The van der Waals surface area contributed by atoms with Gasteiger partial charge >= 0.3 is 0 Å². The predicted molar refractivity (Wildman–Crippen MR) is 82.6 cm³/mol. The molecule has 2 heterocycles. The predicted octanol–water partition coefficient (Wildman–Crippen LogP) is -0.223. The third-order valence-corrected chi connectivity index (χ3v) is 4.53. The molecule has 0 spiro atoms. The number of hydrogen-bond acceptors (Lipinski definition) is 6. The van der Waals surface area contributed by atoms with E-state index in [9.17, 15) is 8.42 Å². The third kappa shape index (κ3) is 4.63. The molecule has 1 aliphatic heterocycles. The first-order valence-corrected chi connectivity index (χ1v) is 8.56. The number of aromatic nitrogens is 1. The molecule has 1 atom stereocenters. The molecule has 1 unspecified atom stereocenters. The molecule has 1 aromatic rings. The summed E-state index contributed by atoms with van der Waals surface area (Å²) in [5.41, 5.74) is 0. The van der Waals surface area contributed by atoms with E-state index in [-0.39, 0.29) is 10.9 Å². The Balaban J connectivity index is 1.98. The zero-order chi connectivity index (χ0) is 15.5. The lowest BCUT2D eigenvalue weighted by molar-refractivity contribution is 0.151. The minimum atomic E-state index is -3.76. The van der Waals surface area contributed by atoms with Gasteiger partial charge in [-0.3, -0.25) is 4.90 Å². The van der Waals surface area contributed by atoms with Crippen LogP contribution in [0.1, 0.15) is 6.92 Å². The first kappa shape index (κ1) is 16.2. The van der Waals surface area contributed by atoms with Crippen LogP contribution < -0.4 is 10.5 Å². The third-order valence-electron chi connectivity index (χ3n) is 3.59. The van der Waals surface area contributed by atoms with Crippen LogP contribution in [0.15, 0.2) is 23.2 Å². The zero-order valence-electron chi connectivity index (χ0n) is 12.5. The van der Waals surface area contributed by atoms with E-state index in [1.54, 1.807) is 12.3 Å². The van der Waals surface area contributed by atoms with Gasteiger partial charge in [-0.1, -0.05) is 0 Å². The maximum Gasteiger partial charge on any atom is 0.241 e. The van der Waals surface area contributed by atoms with Gasteiger partial charge in [-0.05, 0) is 26.1 Å². The molecule has 2 rings (SSSR count). The van der Waals surface area contributed by atoms with E-state index >= 15 is 0 Å². The highest BCUT2D eigenvalue weighted by molar-refractivity contribution is 7.89. The first-order valence-electron chi connectivity index (χ1n) is 7.01. The lowest BCUT2D eigenvalue weighted by Gasteiger charge is -2.34. The second kappa shape index (κ2) is 6.69. The number of anilines is 1. The summed E-state index contributed by atoms with van der Waals surface area (Å²) in [5.74, 6) is 0.321. The molecule has 0 amide bonds. The maximum atomic E-state index is 11.5. The van der Waals surface area contributed by atoms with Gasteiger partial charge in [0.05, 0.1) is 0 Å². The van der Waals surface area contributed by atoms with Gasteiger partial charge in [0.15, 0.2) is 0 Å². The Labute approximate surface area is 126 Å². The van der Waals surface area contributed by atoms with Crippen LogP contribution >= 0.6 is 0 Å². The zero-order valence-corrected chi connectivity index (χ0v) is 13.3. The van der Waals surface area contributed by atoms with Crippen LogP contribution in [-0.2, 0) is 10.0 Å². The minimum Gasteiger partial charge on any atom is -0.365 e. The number of primary sulfonamides is 1. The fourth-order valence-corrected chi connectivity index (χ4v) is 3.07. The Hall–Kier alpha value is -1.22. The second-order valence-electron chi connectivity index (χ2n) is 5.54. The summed E-state index contributed by atoms with van der Waals surface area (Å²) in [6.07, 6.45) is 1.56. The Kier molecular flexibility index (Phi) is 5.15. The number of nitrogens with one attached hydrogen (secondary N) is 1. The van der Waals surface area contributed by atoms with Crippen LogP contribution in [0.25, 0.3) is 0 Å². The van der Waals surface area contributed by atoms with Gasteiger partial charge in [0, 0.05) is 45.0 Å². The highest BCUT2D eigenvalue weighted by Gasteiger charge is 2.19. The molecule has 1 aromatic heterocycles. The average Bonchev–Trinajstić information content (AvgIpc) is 2.41. The highest BCUT2D eigenvalue weighted by Crippen LogP contribution is 2.17. The summed E-state index contributed by atoms with van der Waals surface area (Å²) in [6.45, 7) is 7.01. The van der Waals surface area contributed by atoms with Crippen molar-refractivity contribution in [3.8, 4) is 0 Å². The summed E-state index contributed by atoms with van der Waals surface area (Å²) in [7, 11) is -1.65. The monoisotopic (exact) mass is 313 g/mol. The first-order chi connectivity index (χ1) is 9.86. The number of hydrogen-bond donors (Lipinski definition) is 2. The van der Waals surface area contributed by atoms with Crippen LogP contribution in [0.5, 0.6) is 0 Å². The molecular formula is C13H23N5O2S. The van der Waals surface area contributed by atoms with Gasteiger partial charge in [0.1, 0.15) is 10.7 Å². The molecule has 7 nitrogen and oxygen atoms in total.